The molecule has 2 saturated carbocycles. The SMILES string of the molecule is COC(C)C(C)NC1CC2CCC1(C)C2(C)C. The van der Waals surface area contributed by atoms with Crippen LogP contribution in [0.15, 0.2) is 0 Å². The van der Waals surface area contributed by atoms with E-state index in [1.165, 1.54) is 19.3 Å². The third kappa shape index (κ3) is 1.84. The lowest BCUT2D eigenvalue weighted by atomic mass is 9.69. The Hall–Kier alpha value is -0.0800. The van der Waals surface area contributed by atoms with Crippen LogP contribution < -0.4 is 5.32 Å². The molecule has 2 bridgehead atoms. The molecular weight excluding hydrogens is 210 g/mol. The molecule has 0 amide bonds. The minimum absolute atomic E-state index is 0.292. The maximum absolute atomic E-state index is 5.42. The number of hydrogen-bond donors (Lipinski definition) is 1. The van der Waals surface area contributed by atoms with Crippen LogP contribution in [0.25, 0.3) is 0 Å². The molecule has 5 unspecified atom stereocenters. The first-order chi connectivity index (χ1) is 7.83. The van der Waals surface area contributed by atoms with Gasteiger partial charge in [0.25, 0.3) is 0 Å². The Balaban J connectivity index is 2.06. The second kappa shape index (κ2) is 4.24. The van der Waals surface area contributed by atoms with Crippen LogP contribution in [0.3, 0.4) is 0 Å². The van der Waals surface area contributed by atoms with Gasteiger partial charge in [0.15, 0.2) is 0 Å². The van der Waals surface area contributed by atoms with Crippen molar-refractivity contribution in [2.24, 2.45) is 16.7 Å². The van der Waals surface area contributed by atoms with Gasteiger partial charge in [0.1, 0.15) is 0 Å². The van der Waals surface area contributed by atoms with Crippen molar-refractivity contribution in [1.82, 2.24) is 5.32 Å². The van der Waals surface area contributed by atoms with Crippen molar-refractivity contribution in [2.75, 3.05) is 7.11 Å². The molecular formula is C15H29NO. The molecule has 0 heterocycles. The Morgan fingerprint density at radius 3 is 2.29 bits per heavy atom. The van der Waals surface area contributed by atoms with E-state index in [2.05, 4.69) is 39.9 Å². The van der Waals surface area contributed by atoms with E-state index >= 15 is 0 Å². The summed E-state index contributed by atoms with van der Waals surface area (Å²) in [5.41, 5.74) is 0.972. The van der Waals surface area contributed by atoms with Gasteiger partial charge in [-0.3, -0.25) is 0 Å². The van der Waals surface area contributed by atoms with Gasteiger partial charge in [-0.15, -0.1) is 0 Å². The normalized spacial score (nSPS) is 42.7. The van der Waals surface area contributed by atoms with Crippen molar-refractivity contribution < 1.29 is 4.74 Å². The van der Waals surface area contributed by atoms with E-state index in [-0.39, 0.29) is 0 Å². The highest BCUT2D eigenvalue weighted by atomic mass is 16.5. The van der Waals surface area contributed by atoms with Gasteiger partial charge in [0.2, 0.25) is 0 Å². The standard InChI is InChI=1S/C15H29NO/c1-10(11(2)17-6)16-13-9-12-7-8-15(13,5)14(12,3)4/h10-13,16H,7-9H2,1-6H3. The van der Waals surface area contributed by atoms with E-state index < -0.39 is 0 Å². The monoisotopic (exact) mass is 239 g/mol. The summed E-state index contributed by atoms with van der Waals surface area (Å²) < 4.78 is 5.42. The fourth-order valence-corrected chi connectivity index (χ4v) is 4.11. The smallest absolute Gasteiger partial charge is 0.0693 e. The molecule has 0 radical (unpaired) electrons. The summed E-state index contributed by atoms with van der Waals surface area (Å²) in [5.74, 6) is 0.912. The minimum Gasteiger partial charge on any atom is -0.380 e. The zero-order valence-corrected chi connectivity index (χ0v) is 12.3. The Labute approximate surface area is 107 Å². The molecule has 0 aromatic heterocycles. The van der Waals surface area contributed by atoms with Crippen LogP contribution in [0.2, 0.25) is 0 Å². The van der Waals surface area contributed by atoms with Crippen LogP contribution >= 0.6 is 0 Å². The van der Waals surface area contributed by atoms with E-state index in [0.717, 1.165) is 5.92 Å². The highest BCUT2D eigenvalue weighted by Crippen LogP contribution is 2.65. The molecule has 2 heteroatoms. The van der Waals surface area contributed by atoms with E-state index in [4.69, 9.17) is 4.74 Å². The van der Waals surface area contributed by atoms with Gasteiger partial charge < -0.3 is 10.1 Å². The first-order valence-electron chi connectivity index (χ1n) is 7.11. The van der Waals surface area contributed by atoms with Gasteiger partial charge in [0.05, 0.1) is 6.10 Å². The number of rotatable bonds is 4. The van der Waals surface area contributed by atoms with Gasteiger partial charge in [-0.1, -0.05) is 20.8 Å². The molecule has 2 aliphatic carbocycles. The van der Waals surface area contributed by atoms with E-state index in [1.807, 2.05) is 0 Å². The van der Waals surface area contributed by atoms with Crippen LogP contribution in [0.1, 0.15) is 53.9 Å². The van der Waals surface area contributed by atoms with Gasteiger partial charge >= 0.3 is 0 Å². The highest BCUT2D eigenvalue weighted by molar-refractivity contribution is 5.13. The van der Waals surface area contributed by atoms with E-state index in [9.17, 15) is 0 Å². The Morgan fingerprint density at radius 2 is 1.88 bits per heavy atom. The molecule has 0 aromatic carbocycles. The van der Waals surface area contributed by atoms with Crippen LogP contribution in [0, 0.1) is 16.7 Å². The Kier molecular flexibility index (Phi) is 3.33. The van der Waals surface area contributed by atoms with Crippen LogP contribution in [0.5, 0.6) is 0 Å². The molecule has 2 fully saturated rings. The van der Waals surface area contributed by atoms with Crippen molar-refractivity contribution in [1.29, 1.82) is 0 Å². The van der Waals surface area contributed by atoms with E-state index in [0.29, 0.717) is 29.0 Å². The number of hydrogen-bond acceptors (Lipinski definition) is 2. The van der Waals surface area contributed by atoms with E-state index in [1.54, 1.807) is 7.11 Å². The fourth-order valence-electron chi connectivity index (χ4n) is 4.11. The zero-order valence-electron chi connectivity index (χ0n) is 12.3. The fraction of sp³-hybridized carbons (Fsp3) is 1.00. The molecule has 2 rings (SSSR count). The second-order valence-electron chi connectivity index (χ2n) is 7.06. The van der Waals surface area contributed by atoms with Crippen LogP contribution in [-0.2, 0) is 4.74 Å². The lowest BCUT2D eigenvalue weighted by molar-refractivity contribution is 0.0625. The average Bonchev–Trinajstić information content (AvgIpc) is 2.60. The summed E-state index contributed by atoms with van der Waals surface area (Å²) in [4.78, 5) is 0. The van der Waals surface area contributed by atoms with Crippen LogP contribution in [-0.4, -0.2) is 25.3 Å². The molecule has 5 atom stereocenters. The third-order valence-corrected chi connectivity index (χ3v) is 6.33. The van der Waals surface area contributed by atoms with Crippen LogP contribution in [0.4, 0.5) is 0 Å². The number of fused-ring (bicyclic) bond motifs is 2. The molecule has 2 nitrogen and oxygen atoms in total. The molecule has 0 aromatic rings. The zero-order chi connectivity index (χ0) is 12.8. The molecule has 0 saturated heterocycles. The summed E-state index contributed by atoms with van der Waals surface area (Å²) in [5, 5.41) is 3.83. The Morgan fingerprint density at radius 1 is 1.24 bits per heavy atom. The summed E-state index contributed by atoms with van der Waals surface area (Å²) in [6, 6.07) is 1.11. The molecule has 0 spiro atoms. The van der Waals surface area contributed by atoms with Crippen molar-refractivity contribution in [3.05, 3.63) is 0 Å². The van der Waals surface area contributed by atoms with Crippen molar-refractivity contribution in [3.8, 4) is 0 Å². The summed E-state index contributed by atoms with van der Waals surface area (Å²) in [6.45, 7) is 11.8. The Bertz CT molecular complexity index is 289. The molecule has 100 valence electrons. The molecule has 2 aliphatic rings. The highest BCUT2D eigenvalue weighted by Gasteiger charge is 2.61. The molecule has 0 aliphatic heterocycles. The second-order valence-corrected chi connectivity index (χ2v) is 7.06. The topological polar surface area (TPSA) is 21.3 Å². The average molecular weight is 239 g/mol. The van der Waals surface area contributed by atoms with Crippen molar-refractivity contribution in [2.45, 2.75) is 72.1 Å². The summed E-state index contributed by atoms with van der Waals surface area (Å²) in [7, 11) is 1.80. The maximum atomic E-state index is 5.42. The lowest BCUT2D eigenvalue weighted by Gasteiger charge is -2.41. The van der Waals surface area contributed by atoms with Crippen molar-refractivity contribution in [3.63, 3.8) is 0 Å². The van der Waals surface area contributed by atoms with Crippen molar-refractivity contribution >= 4 is 0 Å². The predicted molar refractivity (Wildman–Crippen MR) is 72.1 cm³/mol. The quantitative estimate of drug-likeness (QED) is 0.813. The number of methoxy groups -OCH3 is 1. The predicted octanol–water partition coefficient (Wildman–Crippen LogP) is 3.21. The van der Waals surface area contributed by atoms with Gasteiger partial charge in [-0.2, -0.15) is 0 Å². The van der Waals surface area contributed by atoms with Gasteiger partial charge in [-0.25, -0.2) is 0 Å². The minimum atomic E-state index is 0.292. The van der Waals surface area contributed by atoms with Gasteiger partial charge in [-0.05, 0) is 49.9 Å². The molecule has 17 heavy (non-hydrogen) atoms. The largest absolute Gasteiger partial charge is 0.380 e. The number of ether oxygens (including phenoxy) is 1. The van der Waals surface area contributed by atoms with Gasteiger partial charge in [0, 0.05) is 19.2 Å². The molecule has 1 N–H and O–H groups in total. The summed E-state index contributed by atoms with van der Waals surface area (Å²) >= 11 is 0. The summed E-state index contributed by atoms with van der Waals surface area (Å²) in [6.07, 6.45) is 4.46. The lowest BCUT2D eigenvalue weighted by Crippen LogP contribution is -2.50. The third-order valence-electron chi connectivity index (χ3n) is 6.33. The first kappa shape index (κ1) is 13.4. The maximum Gasteiger partial charge on any atom is 0.0693 e. The first-order valence-corrected chi connectivity index (χ1v) is 7.11. The number of nitrogens with one attached hydrogen (secondary N) is 1.